The molecule has 2 aliphatic heterocycles. The average molecular weight is 305 g/mol. The van der Waals surface area contributed by atoms with Crippen LogP contribution in [0.3, 0.4) is 0 Å². The van der Waals surface area contributed by atoms with Crippen LogP contribution in [-0.2, 0) is 22.5 Å². The number of carbonyl (C=O) groups is 1. The van der Waals surface area contributed by atoms with Crippen molar-refractivity contribution in [1.29, 1.82) is 0 Å². The zero-order chi connectivity index (χ0) is 15.5. The number of likely N-dealkylation sites (tertiary alicyclic amines) is 1. The van der Waals surface area contributed by atoms with Gasteiger partial charge in [0.25, 0.3) is 5.91 Å². The average Bonchev–Trinajstić information content (AvgIpc) is 2.98. The molecule has 3 heterocycles. The molecule has 1 aromatic heterocycles. The topological polar surface area (TPSA) is 47.4 Å². The van der Waals surface area contributed by atoms with Gasteiger partial charge in [-0.3, -0.25) is 4.79 Å². The molecular formula is C17H27N3O2. The molecule has 2 unspecified atom stereocenters. The third-order valence-corrected chi connectivity index (χ3v) is 4.90. The monoisotopic (exact) mass is 305 g/mol. The number of fused-ring (bicyclic) bond motifs is 1. The predicted molar refractivity (Wildman–Crippen MR) is 84.8 cm³/mol. The van der Waals surface area contributed by atoms with Gasteiger partial charge in [0.15, 0.2) is 0 Å². The number of amides is 1. The van der Waals surface area contributed by atoms with Crippen molar-refractivity contribution in [2.75, 3.05) is 19.7 Å². The molecule has 0 bridgehead atoms. The number of rotatable bonds is 4. The number of aryl methyl sites for hydroxylation is 1. The second kappa shape index (κ2) is 6.82. The lowest BCUT2D eigenvalue weighted by Gasteiger charge is -2.34. The third-order valence-electron chi connectivity index (χ3n) is 4.90. The molecule has 1 aromatic rings. The summed E-state index contributed by atoms with van der Waals surface area (Å²) in [6.45, 7) is 7.09. The Morgan fingerprint density at radius 2 is 2.27 bits per heavy atom. The maximum Gasteiger partial charge on any atom is 0.251 e. The highest BCUT2D eigenvalue weighted by Gasteiger charge is 2.30. The van der Waals surface area contributed by atoms with Gasteiger partial charge in [-0.05, 0) is 46.0 Å². The van der Waals surface area contributed by atoms with Crippen LogP contribution in [0.25, 0.3) is 0 Å². The van der Waals surface area contributed by atoms with E-state index in [0.717, 1.165) is 38.9 Å². The van der Waals surface area contributed by atoms with Crippen LogP contribution < -0.4 is 0 Å². The number of piperidine rings is 1. The van der Waals surface area contributed by atoms with E-state index in [9.17, 15) is 4.79 Å². The minimum absolute atomic E-state index is 0.122. The van der Waals surface area contributed by atoms with Crippen LogP contribution in [0.1, 0.15) is 57.0 Å². The van der Waals surface area contributed by atoms with E-state index in [-0.39, 0.29) is 12.0 Å². The molecule has 0 N–H and O–H groups in total. The van der Waals surface area contributed by atoms with Gasteiger partial charge in [0.2, 0.25) is 0 Å². The molecule has 3 rings (SSSR count). The molecule has 0 radical (unpaired) electrons. The van der Waals surface area contributed by atoms with E-state index in [1.807, 2.05) is 24.9 Å². The maximum absolute atomic E-state index is 12.5. The molecule has 1 saturated heterocycles. The highest BCUT2D eigenvalue weighted by Crippen LogP contribution is 2.29. The summed E-state index contributed by atoms with van der Waals surface area (Å²) >= 11 is 0. The molecular weight excluding hydrogens is 278 g/mol. The van der Waals surface area contributed by atoms with Gasteiger partial charge in [0.05, 0.1) is 0 Å². The lowest BCUT2D eigenvalue weighted by Crippen LogP contribution is -2.44. The van der Waals surface area contributed by atoms with Gasteiger partial charge in [-0.1, -0.05) is 0 Å². The van der Waals surface area contributed by atoms with Crippen LogP contribution in [0.5, 0.6) is 0 Å². The molecule has 0 spiro atoms. The van der Waals surface area contributed by atoms with Crippen LogP contribution >= 0.6 is 0 Å². The van der Waals surface area contributed by atoms with Crippen LogP contribution in [0, 0.1) is 0 Å². The summed E-state index contributed by atoms with van der Waals surface area (Å²) in [6.07, 6.45) is 7.54. The first-order chi connectivity index (χ1) is 10.7. The number of hydrogen-bond donors (Lipinski definition) is 0. The van der Waals surface area contributed by atoms with Crippen molar-refractivity contribution in [3.8, 4) is 0 Å². The van der Waals surface area contributed by atoms with Gasteiger partial charge in [0.1, 0.15) is 11.9 Å². The van der Waals surface area contributed by atoms with Gasteiger partial charge in [-0.2, -0.15) is 0 Å². The minimum atomic E-state index is -0.335. The number of nitrogens with zero attached hydrogens (tertiary/aromatic N) is 3. The fraction of sp³-hybridized carbons (Fsp3) is 0.765. The SMILES string of the molecule is CCOC(C)C(=O)N1CCCC(c2ncc3n2CCCC3)C1. The van der Waals surface area contributed by atoms with E-state index in [2.05, 4.69) is 4.57 Å². The van der Waals surface area contributed by atoms with Crippen molar-refractivity contribution in [1.82, 2.24) is 14.5 Å². The summed E-state index contributed by atoms with van der Waals surface area (Å²) in [7, 11) is 0. The van der Waals surface area contributed by atoms with E-state index in [1.54, 1.807) is 0 Å². The zero-order valence-electron chi connectivity index (χ0n) is 13.8. The summed E-state index contributed by atoms with van der Waals surface area (Å²) in [4.78, 5) is 19.1. The number of carbonyl (C=O) groups excluding carboxylic acids is 1. The molecule has 2 aliphatic rings. The normalized spacial score (nSPS) is 23.2. The minimum Gasteiger partial charge on any atom is -0.369 e. The fourth-order valence-electron chi connectivity index (χ4n) is 3.75. The van der Waals surface area contributed by atoms with E-state index >= 15 is 0 Å². The van der Waals surface area contributed by atoms with Gasteiger partial charge in [-0.25, -0.2) is 4.98 Å². The highest BCUT2D eigenvalue weighted by atomic mass is 16.5. The van der Waals surface area contributed by atoms with Crippen molar-refractivity contribution in [2.24, 2.45) is 0 Å². The zero-order valence-corrected chi connectivity index (χ0v) is 13.8. The lowest BCUT2D eigenvalue weighted by atomic mass is 9.96. The number of imidazole rings is 1. The first-order valence-corrected chi connectivity index (χ1v) is 8.65. The van der Waals surface area contributed by atoms with Crippen molar-refractivity contribution in [3.05, 3.63) is 17.7 Å². The Bertz CT molecular complexity index is 526. The van der Waals surface area contributed by atoms with Gasteiger partial charge in [-0.15, -0.1) is 0 Å². The van der Waals surface area contributed by atoms with Gasteiger partial charge in [0, 0.05) is 44.0 Å². The molecule has 1 fully saturated rings. The Morgan fingerprint density at radius 3 is 3.09 bits per heavy atom. The molecule has 1 amide bonds. The van der Waals surface area contributed by atoms with E-state index in [4.69, 9.17) is 9.72 Å². The Hall–Kier alpha value is -1.36. The predicted octanol–water partition coefficient (Wildman–Crippen LogP) is 2.35. The molecule has 0 aromatic carbocycles. The molecule has 2 atom stereocenters. The quantitative estimate of drug-likeness (QED) is 0.858. The smallest absolute Gasteiger partial charge is 0.251 e. The van der Waals surface area contributed by atoms with E-state index < -0.39 is 0 Å². The van der Waals surface area contributed by atoms with Crippen LogP contribution in [-0.4, -0.2) is 46.2 Å². The Kier molecular flexibility index (Phi) is 4.81. The Labute approximate surface area is 132 Å². The van der Waals surface area contributed by atoms with Crippen LogP contribution in [0.15, 0.2) is 6.20 Å². The molecule has 5 heteroatoms. The Morgan fingerprint density at radius 1 is 1.41 bits per heavy atom. The first-order valence-electron chi connectivity index (χ1n) is 8.65. The fourth-order valence-corrected chi connectivity index (χ4v) is 3.75. The third kappa shape index (κ3) is 3.05. The summed E-state index contributed by atoms with van der Waals surface area (Å²) in [6, 6.07) is 0. The lowest BCUT2D eigenvalue weighted by molar-refractivity contribution is -0.143. The van der Waals surface area contributed by atoms with Gasteiger partial charge >= 0.3 is 0 Å². The van der Waals surface area contributed by atoms with Crippen LogP contribution in [0.2, 0.25) is 0 Å². The standard InChI is InChI=1S/C17H27N3O2/c1-3-22-13(2)17(21)19-9-6-7-14(12-19)16-18-11-15-8-4-5-10-20(15)16/h11,13-14H,3-10,12H2,1-2H3. The largest absolute Gasteiger partial charge is 0.369 e. The number of ether oxygens (including phenoxy) is 1. The summed E-state index contributed by atoms with van der Waals surface area (Å²) in [5, 5.41) is 0. The summed E-state index contributed by atoms with van der Waals surface area (Å²) in [5.74, 6) is 1.69. The molecule has 122 valence electrons. The van der Waals surface area contributed by atoms with Crippen molar-refractivity contribution in [3.63, 3.8) is 0 Å². The van der Waals surface area contributed by atoms with Crippen LogP contribution in [0.4, 0.5) is 0 Å². The summed E-state index contributed by atoms with van der Waals surface area (Å²) < 4.78 is 7.86. The summed E-state index contributed by atoms with van der Waals surface area (Å²) in [5.41, 5.74) is 1.37. The van der Waals surface area contributed by atoms with E-state index in [0.29, 0.717) is 12.5 Å². The number of hydrogen-bond acceptors (Lipinski definition) is 3. The highest BCUT2D eigenvalue weighted by molar-refractivity contribution is 5.80. The van der Waals surface area contributed by atoms with Crippen molar-refractivity contribution in [2.45, 2.75) is 64.5 Å². The molecule has 22 heavy (non-hydrogen) atoms. The van der Waals surface area contributed by atoms with Crippen molar-refractivity contribution < 1.29 is 9.53 Å². The second-order valence-corrected chi connectivity index (χ2v) is 6.44. The second-order valence-electron chi connectivity index (χ2n) is 6.44. The number of aromatic nitrogens is 2. The Balaban J connectivity index is 1.70. The van der Waals surface area contributed by atoms with E-state index in [1.165, 1.54) is 24.4 Å². The maximum atomic E-state index is 12.5. The molecule has 5 nitrogen and oxygen atoms in total. The van der Waals surface area contributed by atoms with Gasteiger partial charge < -0.3 is 14.2 Å². The molecule has 0 aliphatic carbocycles. The first kappa shape index (κ1) is 15.5. The van der Waals surface area contributed by atoms with Crippen molar-refractivity contribution >= 4 is 5.91 Å². The molecule has 0 saturated carbocycles.